The molecule has 0 aliphatic heterocycles. The number of nitrogens with zero attached hydrogens (tertiary/aromatic N) is 3. The van der Waals surface area contributed by atoms with Crippen molar-refractivity contribution in [2.75, 3.05) is 5.32 Å². The van der Waals surface area contributed by atoms with E-state index in [4.69, 9.17) is 11.6 Å². The zero-order valence-corrected chi connectivity index (χ0v) is 13.9. The number of carbonyl (C=O) groups excluding carboxylic acids is 1. The Hall–Kier alpha value is -2.66. The highest BCUT2D eigenvalue weighted by Gasteiger charge is 2.20. The SMILES string of the molecule is CCC(C(=O)Nc1cc(Cl)ccc1-n1cncn1)c1ccccc1. The van der Waals surface area contributed by atoms with E-state index in [-0.39, 0.29) is 11.8 Å². The van der Waals surface area contributed by atoms with E-state index in [1.165, 1.54) is 6.33 Å². The topological polar surface area (TPSA) is 59.8 Å². The Morgan fingerprint density at radius 3 is 2.71 bits per heavy atom. The lowest BCUT2D eigenvalue weighted by molar-refractivity contribution is -0.117. The van der Waals surface area contributed by atoms with Crippen molar-refractivity contribution in [2.45, 2.75) is 19.3 Å². The molecule has 6 heteroatoms. The molecule has 2 aromatic carbocycles. The van der Waals surface area contributed by atoms with Gasteiger partial charge in [-0.05, 0) is 30.2 Å². The van der Waals surface area contributed by atoms with Crippen molar-refractivity contribution in [2.24, 2.45) is 0 Å². The van der Waals surface area contributed by atoms with E-state index in [1.807, 2.05) is 37.3 Å². The summed E-state index contributed by atoms with van der Waals surface area (Å²) in [5.41, 5.74) is 2.31. The third-order valence-electron chi connectivity index (χ3n) is 3.81. The fourth-order valence-electron chi connectivity index (χ4n) is 2.62. The predicted molar refractivity (Wildman–Crippen MR) is 94.5 cm³/mol. The fourth-order valence-corrected chi connectivity index (χ4v) is 2.79. The minimum absolute atomic E-state index is 0.0765. The number of aromatic nitrogens is 3. The van der Waals surface area contributed by atoms with Crippen LogP contribution >= 0.6 is 11.6 Å². The molecular weight excluding hydrogens is 324 g/mol. The van der Waals surface area contributed by atoms with Crippen molar-refractivity contribution < 1.29 is 4.79 Å². The van der Waals surface area contributed by atoms with Gasteiger partial charge in [-0.25, -0.2) is 9.67 Å². The van der Waals surface area contributed by atoms with Crippen molar-refractivity contribution in [3.05, 3.63) is 71.8 Å². The van der Waals surface area contributed by atoms with Crippen LogP contribution in [0.5, 0.6) is 0 Å². The minimum Gasteiger partial charge on any atom is -0.324 e. The summed E-state index contributed by atoms with van der Waals surface area (Å²) in [4.78, 5) is 16.7. The van der Waals surface area contributed by atoms with Gasteiger partial charge in [0.1, 0.15) is 12.7 Å². The van der Waals surface area contributed by atoms with Crippen molar-refractivity contribution in [1.82, 2.24) is 14.8 Å². The number of amides is 1. The monoisotopic (exact) mass is 340 g/mol. The Labute approximate surface area is 145 Å². The average Bonchev–Trinajstić information content (AvgIpc) is 3.11. The molecule has 0 aliphatic rings. The molecule has 24 heavy (non-hydrogen) atoms. The second-order valence-electron chi connectivity index (χ2n) is 5.36. The summed E-state index contributed by atoms with van der Waals surface area (Å²) in [6.07, 6.45) is 3.72. The van der Waals surface area contributed by atoms with Crippen molar-refractivity contribution in [1.29, 1.82) is 0 Å². The number of carbonyl (C=O) groups is 1. The first-order valence-electron chi connectivity index (χ1n) is 7.69. The van der Waals surface area contributed by atoms with Gasteiger partial charge in [-0.1, -0.05) is 48.9 Å². The summed E-state index contributed by atoms with van der Waals surface area (Å²) in [5.74, 6) is -0.305. The van der Waals surface area contributed by atoms with Crippen molar-refractivity contribution in [3.8, 4) is 5.69 Å². The first kappa shape index (κ1) is 16.2. The fraction of sp³-hybridized carbons (Fsp3) is 0.167. The maximum atomic E-state index is 12.8. The van der Waals surface area contributed by atoms with Gasteiger partial charge in [-0.2, -0.15) is 5.10 Å². The molecule has 1 atom stereocenters. The molecule has 3 rings (SSSR count). The molecule has 1 heterocycles. The average molecular weight is 341 g/mol. The van der Waals surface area contributed by atoms with Gasteiger partial charge in [-0.15, -0.1) is 0 Å². The van der Waals surface area contributed by atoms with E-state index >= 15 is 0 Å². The molecule has 0 saturated heterocycles. The van der Waals surface area contributed by atoms with Crippen LogP contribution in [0.3, 0.4) is 0 Å². The normalized spacial score (nSPS) is 11.9. The van der Waals surface area contributed by atoms with Gasteiger partial charge in [0, 0.05) is 5.02 Å². The van der Waals surface area contributed by atoms with Crippen molar-refractivity contribution >= 4 is 23.2 Å². The molecule has 0 saturated carbocycles. The molecule has 5 nitrogen and oxygen atoms in total. The summed E-state index contributed by atoms with van der Waals surface area (Å²) in [6.45, 7) is 1.99. The van der Waals surface area contributed by atoms with Crippen LogP contribution in [0.1, 0.15) is 24.8 Å². The second kappa shape index (κ2) is 7.27. The van der Waals surface area contributed by atoms with Gasteiger partial charge in [0.2, 0.25) is 5.91 Å². The summed E-state index contributed by atoms with van der Waals surface area (Å²) in [6, 6.07) is 15.0. The van der Waals surface area contributed by atoms with Crippen LogP contribution in [0, 0.1) is 0 Å². The summed E-state index contributed by atoms with van der Waals surface area (Å²) in [7, 11) is 0. The number of anilines is 1. The van der Waals surface area contributed by atoms with E-state index in [9.17, 15) is 4.79 Å². The maximum Gasteiger partial charge on any atom is 0.231 e. The third kappa shape index (κ3) is 3.46. The van der Waals surface area contributed by atoms with E-state index in [0.717, 1.165) is 5.56 Å². The molecule has 122 valence electrons. The Morgan fingerprint density at radius 2 is 2.04 bits per heavy atom. The molecule has 3 aromatic rings. The molecule has 0 bridgehead atoms. The number of nitrogens with one attached hydrogen (secondary N) is 1. The molecule has 1 unspecified atom stereocenters. The summed E-state index contributed by atoms with van der Waals surface area (Å²) in [5, 5.41) is 7.64. The second-order valence-corrected chi connectivity index (χ2v) is 5.80. The van der Waals surface area contributed by atoms with E-state index < -0.39 is 0 Å². The largest absolute Gasteiger partial charge is 0.324 e. The van der Waals surface area contributed by atoms with Gasteiger partial charge in [0.05, 0.1) is 17.3 Å². The summed E-state index contributed by atoms with van der Waals surface area (Å²) >= 11 is 6.10. The zero-order chi connectivity index (χ0) is 16.9. The Balaban J connectivity index is 1.90. The lowest BCUT2D eigenvalue weighted by atomic mass is 9.95. The lowest BCUT2D eigenvalue weighted by Gasteiger charge is -2.17. The van der Waals surface area contributed by atoms with E-state index in [1.54, 1.807) is 29.2 Å². The highest BCUT2D eigenvalue weighted by Crippen LogP contribution is 2.27. The van der Waals surface area contributed by atoms with Crippen LogP contribution in [0.15, 0.2) is 61.2 Å². The van der Waals surface area contributed by atoms with Gasteiger partial charge in [0.25, 0.3) is 0 Å². The molecule has 1 amide bonds. The molecule has 1 N–H and O–H groups in total. The molecule has 0 spiro atoms. The zero-order valence-electron chi connectivity index (χ0n) is 13.2. The predicted octanol–water partition coefficient (Wildman–Crippen LogP) is 4.05. The minimum atomic E-state index is -0.228. The standard InChI is InChI=1S/C18H17ClN4O/c1-2-15(13-6-4-3-5-7-13)18(24)22-16-10-14(19)8-9-17(16)23-12-20-11-21-23/h3-12,15H,2H2,1H3,(H,22,24). The third-order valence-corrected chi connectivity index (χ3v) is 4.04. The molecule has 0 fully saturated rings. The van der Waals surface area contributed by atoms with Crippen LogP contribution < -0.4 is 5.32 Å². The first-order chi connectivity index (χ1) is 11.7. The molecule has 1 aromatic heterocycles. The number of halogens is 1. The molecule has 0 aliphatic carbocycles. The Morgan fingerprint density at radius 1 is 1.25 bits per heavy atom. The van der Waals surface area contributed by atoms with Crippen LogP contribution in [-0.2, 0) is 4.79 Å². The van der Waals surface area contributed by atoms with Crippen LogP contribution in [0.2, 0.25) is 5.02 Å². The number of hydrogen-bond donors (Lipinski definition) is 1. The number of hydrogen-bond acceptors (Lipinski definition) is 3. The molecular formula is C18H17ClN4O. The van der Waals surface area contributed by atoms with Crippen molar-refractivity contribution in [3.63, 3.8) is 0 Å². The lowest BCUT2D eigenvalue weighted by Crippen LogP contribution is -2.21. The van der Waals surface area contributed by atoms with Gasteiger partial charge < -0.3 is 5.32 Å². The highest BCUT2D eigenvalue weighted by molar-refractivity contribution is 6.31. The number of benzene rings is 2. The molecule has 0 radical (unpaired) electrons. The van der Waals surface area contributed by atoms with Crippen LogP contribution in [-0.4, -0.2) is 20.7 Å². The Kier molecular flexibility index (Phi) is 4.91. The van der Waals surface area contributed by atoms with Crippen LogP contribution in [0.4, 0.5) is 5.69 Å². The van der Waals surface area contributed by atoms with Gasteiger partial charge in [-0.3, -0.25) is 4.79 Å². The van der Waals surface area contributed by atoms with E-state index in [0.29, 0.717) is 22.8 Å². The maximum absolute atomic E-state index is 12.8. The van der Waals surface area contributed by atoms with Gasteiger partial charge in [0.15, 0.2) is 0 Å². The first-order valence-corrected chi connectivity index (χ1v) is 8.07. The van der Waals surface area contributed by atoms with Crippen LogP contribution in [0.25, 0.3) is 5.69 Å². The smallest absolute Gasteiger partial charge is 0.231 e. The van der Waals surface area contributed by atoms with E-state index in [2.05, 4.69) is 15.4 Å². The summed E-state index contributed by atoms with van der Waals surface area (Å²) < 4.78 is 1.59. The highest BCUT2D eigenvalue weighted by atomic mass is 35.5. The quantitative estimate of drug-likeness (QED) is 0.762. The van der Waals surface area contributed by atoms with Gasteiger partial charge >= 0.3 is 0 Å². The Bertz CT molecular complexity index is 818. The number of rotatable bonds is 5.